The number of para-hydroxylation sites is 2. The van der Waals surface area contributed by atoms with Crippen molar-refractivity contribution in [1.82, 2.24) is 9.13 Å². The molecule has 0 N–H and O–H groups in total. The Labute approximate surface area is 454 Å². The maximum atomic E-state index is 6.90. The van der Waals surface area contributed by atoms with E-state index < -0.39 is 0 Å². The van der Waals surface area contributed by atoms with Crippen LogP contribution in [0.5, 0.6) is 0 Å². The lowest BCUT2D eigenvalue weighted by molar-refractivity contribution is 0.669. The topological polar surface area (TPSA) is 23.0 Å². The van der Waals surface area contributed by atoms with Gasteiger partial charge in [0, 0.05) is 53.9 Å². The van der Waals surface area contributed by atoms with Crippen LogP contribution >= 0.6 is 0 Å². The quantitative estimate of drug-likeness (QED) is 0.152. The molecule has 14 aromatic carbocycles. The van der Waals surface area contributed by atoms with Gasteiger partial charge in [-0.25, -0.2) is 0 Å². The minimum atomic E-state index is 0.863. The highest BCUT2D eigenvalue weighted by atomic mass is 16.3. The zero-order valence-corrected chi connectivity index (χ0v) is 42.9. The Morgan fingerprint density at radius 3 is 1.08 bits per heavy atom. The molecule has 0 aliphatic carbocycles. The summed E-state index contributed by atoms with van der Waals surface area (Å²) < 4.78 is 11.9. The number of rotatable bonds is 6. The number of furan rings is 1. The molecule has 0 aliphatic rings. The summed E-state index contributed by atoms with van der Waals surface area (Å²) in [6.07, 6.45) is 0. The van der Waals surface area contributed by atoms with Crippen LogP contribution in [0.4, 0.5) is 0 Å². The van der Waals surface area contributed by atoms with E-state index >= 15 is 0 Å². The molecular formula is C76H46N2O. The Balaban J connectivity index is 0.895. The van der Waals surface area contributed by atoms with Crippen molar-refractivity contribution in [3.8, 4) is 55.9 Å². The van der Waals surface area contributed by atoms with Crippen LogP contribution in [-0.2, 0) is 0 Å². The van der Waals surface area contributed by atoms with Crippen LogP contribution in [0.25, 0.3) is 165 Å². The van der Waals surface area contributed by atoms with Crippen LogP contribution in [-0.4, -0.2) is 9.13 Å². The highest BCUT2D eigenvalue weighted by Crippen LogP contribution is 2.50. The number of fused-ring (bicyclic) bond motifs is 13. The molecule has 0 radical (unpaired) electrons. The maximum Gasteiger partial charge on any atom is 0.136 e. The predicted octanol–water partition coefficient (Wildman–Crippen LogP) is 21.1. The molecule has 17 aromatic rings. The van der Waals surface area contributed by atoms with Crippen molar-refractivity contribution >= 4 is 109 Å². The van der Waals surface area contributed by atoms with Crippen LogP contribution in [0.15, 0.2) is 283 Å². The van der Waals surface area contributed by atoms with Crippen LogP contribution in [0, 0.1) is 0 Å². The van der Waals surface area contributed by atoms with Crippen molar-refractivity contribution in [1.29, 1.82) is 0 Å². The van der Waals surface area contributed by atoms with E-state index in [2.05, 4.69) is 288 Å². The Morgan fingerprint density at radius 1 is 0.215 bits per heavy atom. The summed E-state index contributed by atoms with van der Waals surface area (Å²) in [5.74, 6) is 0. The van der Waals surface area contributed by atoms with Gasteiger partial charge in [-0.15, -0.1) is 0 Å². The number of aromatic nitrogens is 2. The Morgan fingerprint density at radius 2 is 0.595 bits per heavy atom. The van der Waals surface area contributed by atoms with Gasteiger partial charge < -0.3 is 13.6 Å². The standard InChI is InChI=1S/C76H46N2O/c1-3-20-47(21-4-1)49-38-41-68-63(44-49)52-24-15-17-35-66(52)77(68)75-58-30-11-7-26-54(58)72(55-27-8-12-31-59(55)75)51-40-43-70-65(46-51)74-62(34-19-37-71(74)79-70)73-56-28-9-13-32-60(56)76(61-33-14-10-29-57(61)73)78-67-36-18-16-25-53(67)64-45-50(39-42-69(64)78)48-22-5-2-6-23-48/h1-46H. The van der Waals surface area contributed by atoms with E-state index in [0.29, 0.717) is 0 Å². The molecule has 79 heavy (non-hydrogen) atoms. The molecule has 0 bridgehead atoms. The molecule has 3 aromatic heterocycles. The van der Waals surface area contributed by atoms with Gasteiger partial charge >= 0.3 is 0 Å². The van der Waals surface area contributed by atoms with E-state index in [4.69, 9.17) is 4.42 Å². The second kappa shape index (κ2) is 17.0. The van der Waals surface area contributed by atoms with Crippen molar-refractivity contribution in [3.05, 3.63) is 279 Å². The van der Waals surface area contributed by atoms with Gasteiger partial charge in [-0.3, -0.25) is 0 Å². The SMILES string of the molecule is c1ccc(-c2ccc3c(c2)c2ccccc2n3-c2c3ccccc3c(-c3ccc4oc5cccc(-c6c7ccccc7c(-n7c8ccccc8c8cc(-c9ccccc9)ccc87)c7ccccc67)c5c4c3)c3ccccc23)cc1. The van der Waals surface area contributed by atoms with E-state index in [-0.39, 0.29) is 0 Å². The summed E-state index contributed by atoms with van der Waals surface area (Å²) in [4.78, 5) is 0. The Kier molecular flexibility index (Phi) is 9.42. The van der Waals surface area contributed by atoms with Crippen LogP contribution in [0.3, 0.4) is 0 Å². The second-order valence-corrected chi connectivity index (χ2v) is 21.0. The molecule has 0 fully saturated rings. The molecule has 3 heterocycles. The molecular weight excluding hydrogens is 957 g/mol. The summed E-state index contributed by atoms with van der Waals surface area (Å²) in [5.41, 5.74) is 18.4. The lowest BCUT2D eigenvalue weighted by atomic mass is 9.87. The largest absolute Gasteiger partial charge is 0.456 e. The lowest BCUT2D eigenvalue weighted by Crippen LogP contribution is -1.99. The van der Waals surface area contributed by atoms with E-state index in [9.17, 15) is 0 Å². The van der Waals surface area contributed by atoms with Gasteiger partial charge in [0.25, 0.3) is 0 Å². The molecule has 0 aliphatic heterocycles. The average molecular weight is 1000 g/mol. The van der Waals surface area contributed by atoms with Gasteiger partial charge in [-0.05, 0) is 121 Å². The number of hydrogen-bond donors (Lipinski definition) is 0. The molecule has 17 rings (SSSR count). The highest BCUT2D eigenvalue weighted by Gasteiger charge is 2.25. The third-order valence-corrected chi connectivity index (χ3v) is 16.9. The van der Waals surface area contributed by atoms with Gasteiger partial charge in [0.05, 0.1) is 33.4 Å². The first-order valence-electron chi connectivity index (χ1n) is 27.2. The van der Waals surface area contributed by atoms with Gasteiger partial charge in [-0.1, -0.05) is 224 Å². The molecule has 0 saturated carbocycles. The summed E-state index contributed by atoms with van der Waals surface area (Å²) in [7, 11) is 0. The van der Waals surface area contributed by atoms with E-state index in [1.807, 2.05) is 0 Å². The number of nitrogens with zero attached hydrogens (tertiary/aromatic N) is 2. The fourth-order valence-corrected chi connectivity index (χ4v) is 13.5. The summed E-state index contributed by atoms with van der Waals surface area (Å²) >= 11 is 0. The number of hydrogen-bond acceptors (Lipinski definition) is 1. The molecule has 0 saturated heterocycles. The summed E-state index contributed by atoms with van der Waals surface area (Å²) in [6.45, 7) is 0. The van der Waals surface area contributed by atoms with Crippen molar-refractivity contribution in [2.45, 2.75) is 0 Å². The lowest BCUT2D eigenvalue weighted by Gasteiger charge is -2.20. The molecule has 3 heteroatoms. The average Bonchev–Trinajstić information content (AvgIpc) is 4.27. The molecule has 3 nitrogen and oxygen atoms in total. The summed E-state index contributed by atoms with van der Waals surface area (Å²) in [6, 6.07) is 103. The molecule has 366 valence electrons. The molecule has 0 atom stereocenters. The van der Waals surface area contributed by atoms with Crippen LogP contribution in [0.2, 0.25) is 0 Å². The Hall–Kier alpha value is -10.5. The van der Waals surface area contributed by atoms with Gasteiger partial charge in [-0.2, -0.15) is 0 Å². The zero-order chi connectivity index (χ0) is 51.7. The molecule has 0 spiro atoms. The molecule has 0 amide bonds. The van der Waals surface area contributed by atoms with Gasteiger partial charge in [0.1, 0.15) is 11.2 Å². The fourth-order valence-electron chi connectivity index (χ4n) is 13.5. The second-order valence-electron chi connectivity index (χ2n) is 21.0. The van der Waals surface area contributed by atoms with Crippen molar-refractivity contribution < 1.29 is 4.42 Å². The van der Waals surface area contributed by atoms with E-state index in [1.54, 1.807) is 0 Å². The predicted molar refractivity (Wildman–Crippen MR) is 334 cm³/mol. The smallest absolute Gasteiger partial charge is 0.136 e. The van der Waals surface area contributed by atoms with Crippen molar-refractivity contribution in [2.75, 3.05) is 0 Å². The van der Waals surface area contributed by atoms with Crippen LogP contribution in [0.1, 0.15) is 0 Å². The van der Waals surface area contributed by atoms with Gasteiger partial charge in [0.2, 0.25) is 0 Å². The maximum absolute atomic E-state index is 6.90. The van der Waals surface area contributed by atoms with Crippen molar-refractivity contribution in [2.24, 2.45) is 0 Å². The first-order valence-corrected chi connectivity index (χ1v) is 27.2. The van der Waals surface area contributed by atoms with Crippen LogP contribution < -0.4 is 0 Å². The summed E-state index contributed by atoms with van der Waals surface area (Å²) in [5, 5.41) is 16.7. The van der Waals surface area contributed by atoms with E-state index in [1.165, 1.54) is 131 Å². The minimum absolute atomic E-state index is 0.863. The first kappa shape index (κ1) is 43.7. The first-order chi connectivity index (χ1) is 39.2. The highest BCUT2D eigenvalue weighted by molar-refractivity contribution is 6.27. The normalized spacial score (nSPS) is 12.1. The van der Waals surface area contributed by atoms with Gasteiger partial charge in [0.15, 0.2) is 0 Å². The van der Waals surface area contributed by atoms with Crippen molar-refractivity contribution in [3.63, 3.8) is 0 Å². The monoisotopic (exact) mass is 1000 g/mol. The van der Waals surface area contributed by atoms with E-state index in [0.717, 1.165) is 33.1 Å². The number of benzene rings is 14. The molecule has 0 unspecified atom stereocenters. The third kappa shape index (κ3) is 6.42. The third-order valence-electron chi connectivity index (χ3n) is 16.9. The Bertz CT molecular complexity index is 5250. The minimum Gasteiger partial charge on any atom is -0.456 e. The fraction of sp³-hybridized carbons (Fsp3) is 0. The zero-order valence-electron chi connectivity index (χ0n) is 42.9.